The van der Waals surface area contributed by atoms with E-state index in [0.29, 0.717) is 17.7 Å². The summed E-state index contributed by atoms with van der Waals surface area (Å²) < 4.78 is 5.79. The van der Waals surface area contributed by atoms with Crippen molar-refractivity contribution in [1.82, 2.24) is 10.2 Å². The Morgan fingerprint density at radius 3 is 2.70 bits per heavy atom. The lowest BCUT2D eigenvalue weighted by Gasteiger charge is -1.98. The van der Waals surface area contributed by atoms with Crippen LogP contribution in [-0.2, 0) is 0 Å². The zero-order chi connectivity index (χ0) is 13.5. The second-order valence-electron chi connectivity index (χ2n) is 4.92. The number of nitrogens with zero attached hydrogens (tertiary/aromatic N) is 2. The van der Waals surface area contributed by atoms with Crippen molar-refractivity contribution in [2.45, 2.75) is 18.3 Å². The predicted molar refractivity (Wildman–Crippen MR) is 79.2 cm³/mol. The van der Waals surface area contributed by atoms with E-state index >= 15 is 0 Å². The predicted octanol–water partition coefficient (Wildman–Crippen LogP) is 4.72. The van der Waals surface area contributed by atoms with Crippen LogP contribution in [0, 0.1) is 0 Å². The minimum atomic E-state index is 0.345. The van der Waals surface area contributed by atoms with E-state index in [9.17, 15) is 0 Å². The summed E-state index contributed by atoms with van der Waals surface area (Å²) in [6, 6.07) is 12.0. The van der Waals surface area contributed by atoms with E-state index in [1.807, 2.05) is 29.6 Å². The Balaban J connectivity index is 1.54. The van der Waals surface area contributed by atoms with Crippen molar-refractivity contribution in [3.05, 3.63) is 58.3 Å². The second-order valence-corrected chi connectivity index (χ2v) is 6.31. The molecule has 2 heterocycles. The first-order chi connectivity index (χ1) is 9.81. The number of halogens is 1. The lowest BCUT2D eigenvalue weighted by molar-refractivity contribution is 0.506. The zero-order valence-corrected chi connectivity index (χ0v) is 12.1. The zero-order valence-electron chi connectivity index (χ0n) is 10.5. The van der Waals surface area contributed by atoms with E-state index in [2.05, 4.69) is 22.3 Å². The molecule has 0 radical (unpaired) electrons. The second kappa shape index (κ2) is 4.72. The van der Waals surface area contributed by atoms with Gasteiger partial charge in [0.1, 0.15) is 0 Å². The van der Waals surface area contributed by atoms with Crippen molar-refractivity contribution in [1.29, 1.82) is 0 Å². The lowest BCUT2D eigenvalue weighted by Crippen LogP contribution is -1.84. The SMILES string of the molecule is Clc1ccc(C2CC2c2nnc(-c3cccs3)o2)cc1. The van der Waals surface area contributed by atoms with Crippen LogP contribution in [0.1, 0.15) is 29.7 Å². The third kappa shape index (κ3) is 2.15. The molecular weight excluding hydrogens is 292 g/mol. The maximum atomic E-state index is 5.91. The van der Waals surface area contributed by atoms with Gasteiger partial charge in [-0.1, -0.05) is 29.8 Å². The smallest absolute Gasteiger partial charge is 0.257 e. The molecule has 0 spiro atoms. The van der Waals surface area contributed by atoms with E-state index in [1.165, 1.54) is 5.56 Å². The number of thiophene rings is 1. The number of hydrogen-bond donors (Lipinski definition) is 0. The molecular formula is C15H11ClN2OS. The molecule has 2 atom stereocenters. The van der Waals surface area contributed by atoms with Crippen LogP contribution in [0.3, 0.4) is 0 Å². The lowest BCUT2D eigenvalue weighted by atomic mass is 10.1. The molecule has 1 aliphatic carbocycles. The summed E-state index contributed by atoms with van der Waals surface area (Å²) in [7, 11) is 0. The summed E-state index contributed by atoms with van der Waals surface area (Å²) in [5.74, 6) is 2.19. The van der Waals surface area contributed by atoms with Gasteiger partial charge in [-0.3, -0.25) is 0 Å². The molecule has 0 amide bonds. The van der Waals surface area contributed by atoms with Gasteiger partial charge in [-0.2, -0.15) is 0 Å². The molecule has 3 nitrogen and oxygen atoms in total. The maximum absolute atomic E-state index is 5.91. The standard InChI is InChI=1S/C15H11ClN2OS/c16-10-5-3-9(4-6-10)11-8-12(11)14-17-18-15(19-14)13-2-1-7-20-13/h1-7,11-12H,8H2. The highest BCUT2D eigenvalue weighted by atomic mass is 35.5. The molecule has 20 heavy (non-hydrogen) atoms. The van der Waals surface area contributed by atoms with Gasteiger partial charge in [0.2, 0.25) is 5.89 Å². The Labute approximate surface area is 125 Å². The summed E-state index contributed by atoms with van der Waals surface area (Å²) in [6.45, 7) is 0. The highest BCUT2D eigenvalue weighted by molar-refractivity contribution is 7.13. The quantitative estimate of drug-likeness (QED) is 0.702. The largest absolute Gasteiger partial charge is 0.420 e. The molecule has 0 saturated heterocycles. The van der Waals surface area contributed by atoms with Crippen molar-refractivity contribution in [2.24, 2.45) is 0 Å². The van der Waals surface area contributed by atoms with Crippen LogP contribution in [0.4, 0.5) is 0 Å². The van der Waals surface area contributed by atoms with Gasteiger partial charge in [0.15, 0.2) is 0 Å². The molecule has 0 N–H and O–H groups in total. The number of hydrogen-bond acceptors (Lipinski definition) is 4. The van der Waals surface area contributed by atoms with Crippen molar-refractivity contribution in [2.75, 3.05) is 0 Å². The minimum Gasteiger partial charge on any atom is -0.420 e. The Kier molecular flexibility index (Phi) is 2.86. The molecule has 1 saturated carbocycles. The number of rotatable bonds is 3. The third-order valence-electron chi connectivity index (χ3n) is 3.58. The monoisotopic (exact) mass is 302 g/mol. The molecule has 1 aliphatic rings. The van der Waals surface area contributed by atoms with Gasteiger partial charge >= 0.3 is 0 Å². The van der Waals surface area contributed by atoms with E-state index in [4.69, 9.17) is 16.0 Å². The molecule has 100 valence electrons. The molecule has 3 aromatic rings. The van der Waals surface area contributed by atoms with E-state index in [1.54, 1.807) is 11.3 Å². The van der Waals surface area contributed by atoms with Crippen molar-refractivity contribution in [3.63, 3.8) is 0 Å². The van der Waals surface area contributed by atoms with Crippen molar-refractivity contribution in [3.8, 4) is 10.8 Å². The summed E-state index contributed by atoms with van der Waals surface area (Å²) in [5.41, 5.74) is 1.29. The maximum Gasteiger partial charge on any atom is 0.257 e. The minimum absolute atomic E-state index is 0.345. The first-order valence-corrected chi connectivity index (χ1v) is 7.70. The van der Waals surface area contributed by atoms with E-state index in [0.717, 1.165) is 22.2 Å². The first-order valence-electron chi connectivity index (χ1n) is 6.44. The van der Waals surface area contributed by atoms with Crippen LogP contribution in [0.2, 0.25) is 5.02 Å². The van der Waals surface area contributed by atoms with Gasteiger partial charge in [-0.15, -0.1) is 21.5 Å². The fourth-order valence-electron chi connectivity index (χ4n) is 2.43. The molecule has 0 aliphatic heterocycles. The number of benzene rings is 1. The Hall–Kier alpha value is -1.65. The van der Waals surface area contributed by atoms with Crippen LogP contribution >= 0.6 is 22.9 Å². The van der Waals surface area contributed by atoms with Gasteiger partial charge in [0, 0.05) is 10.9 Å². The van der Waals surface area contributed by atoms with Crippen LogP contribution in [-0.4, -0.2) is 10.2 Å². The average molecular weight is 303 g/mol. The molecule has 5 heteroatoms. The van der Waals surface area contributed by atoms with E-state index in [-0.39, 0.29) is 0 Å². The molecule has 4 rings (SSSR count). The van der Waals surface area contributed by atoms with Crippen LogP contribution in [0.25, 0.3) is 10.8 Å². The van der Waals surface area contributed by atoms with Crippen molar-refractivity contribution < 1.29 is 4.42 Å². The van der Waals surface area contributed by atoms with Gasteiger partial charge in [-0.05, 0) is 41.5 Å². The summed E-state index contributed by atoms with van der Waals surface area (Å²) >= 11 is 7.52. The van der Waals surface area contributed by atoms with Gasteiger partial charge in [-0.25, -0.2) is 0 Å². The Morgan fingerprint density at radius 2 is 1.95 bits per heavy atom. The van der Waals surface area contributed by atoms with Gasteiger partial charge < -0.3 is 4.42 Å². The van der Waals surface area contributed by atoms with Crippen molar-refractivity contribution >= 4 is 22.9 Å². The normalized spacial score (nSPS) is 21.1. The topological polar surface area (TPSA) is 38.9 Å². The highest BCUT2D eigenvalue weighted by Crippen LogP contribution is 2.54. The van der Waals surface area contributed by atoms with Gasteiger partial charge in [0.05, 0.1) is 4.88 Å². The van der Waals surface area contributed by atoms with Crippen LogP contribution in [0.5, 0.6) is 0 Å². The third-order valence-corrected chi connectivity index (χ3v) is 4.69. The Morgan fingerprint density at radius 1 is 1.10 bits per heavy atom. The fourth-order valence-corrected chi connectivity index (χ4v) is 3.20. The van der Waals surface area contributed by atoms with E-state index < -0.39 is 0 Å². The van der Waals surface area contributed by atoms with Crippen LogP contribution < -0.4 is 0 Å². The van der Waals surface area contributed by atoms with Gasteiger partial charge in [0.25, 0.3) is 5.89 Å². The fraction of sp³-hybridized carbons (Fsp3) is 0.200. The first kappa shape index (κ1) is 12.1. The number of aromatic nitrogens is 2. The Bertz CT molecular complexity index is 721. The summed E-state index contributed by atoms with van der Waals surface area (Å²) in [5, 5.41) is 11.1. The molecule has 1 fully saturated rings. The molecule has 2 aromatic heterocycles. The molecule has 2 unspecified atom stereocenters. The average Bonchev–Trinajstić information content (AvgIpc) is 2.92. The summed E-state index contributed by atoms with van der Waals surface area (Å²) in [4.78, 5) is 1.02. The molecule has 0 bridgehead atoms. The highest BCUT2D eigenvalue weighted by Gasteiger charge is 2.43. The molecule has 1 aromatic carbocycles. The van der Waals surface area contributed by atoms with Crippen LogP contribution in [0.15, 0.2) is 46.2 Å². The summed E-state index contributed by atoms with van der Waals surface area (Å²) in [6.07, 6.45) is 1.06.